The SMILES string of the molecule is CCOC(=O)c1c(F)cc(N)nc1C(F)F. The molecule has 1 rings (SSSR count). The molecule has 0 bridgehead atoms. The van der Waals surface area contributed by atoms with Crippen molar-refractivity contribution < 1.29 is 22.7 Å². The van der Waals surface area contributed by atoms with Crippen LogP contribution in [0.4, 0.5) is 19.0 Å². The third-order valence-electron chi connectivity index (χ3n) is 1.71. The van der Waals surface area contributed by atoms with E-state index >= 15 is 0 Å². The highest BCUT2D eigenvalue weighted by Gasteiger charge is 2.25. The van der Waals surface area contributed by atoms with Gasteiger partial charge >= 0.3 is 5.97 Å². The predicted octanol–water partition coefficient (Wildman–Crippen LogP) is 1.92. The molecule has 0 aliphatic rings. The number of aromatic nitrogens is 1. The van der Waals surface area contributed by atoms with Crippen LogP contribution in [0.2, 0.25) is 0 Å². The summed E-state index contributed by atoms with van der Waals surface area (Å²) < 4.78 is 42.7. The molecule has 16 heavy (non-hydrogen) atoms. The van der Waals surface area contributed by atoms with Crippen LogP contribution in [-0.4, -0.2) is 17.6 Å². The fourth-order valence-corrected chi connectivity index (χ4v) is 1.11. The lowest BCUT2D eigenvalue weighted by Gasteiger charge is -2.09. The molecule has 1 aromatic heterocycles. The molecule has 0 unspecified atom stereocenters. The van der Waals surface area contributed by atoms with E-state index in [-0.39, 0.29) is 6.61 Å². The molecule has 0 aromatic carbocycles. The van der Waals surface area contributed by atoms with Gasteiger partial charge in [-0.15, -0.1) is 0 Å². The number of carbonyl (C=O) groups excluding carboxylic acids is 1. The minimum atomic E-state index is -3.10. The minimum Gasteiger partial charge on any atom is -0.462 e. The van der Waals surface area contributed by atoms with Gasteiger partial charge in [-0.25, -0.2) is 22.9 Å². The predicted molar refractivity (Wildman–Crippen MR) is 49.5 cm³/mol. The summed E-state index contributed by atoms with van der Waals surface area (Å²) in [5.74, 6) is -2.76. The number of ether oxygens (including phenoxy) is 1. The van der Waals surface area contributed by atoms with Crippen molar-refractivity contribution in [1.29, 1.82) is 0 Å². The maximum Gasteiger partial charge on any atom is 0.343 e. The van der Waals surface area contributed by atoms with Crippen LogP contribution in [0.3, 0.4) is 0 Å². The maximum absolute atomic E-state index is 13.3. The molecule has 0 amide bonds. The highest BCUT2D eigenvalue weighted by atomic mass is 19.3. The zero-order valence-electron chi connectivity index (χ0n) is 8.34. The molecule has 0 fully saturated rings. The van der Waals surface area contributed by atoms with Crippen LogP contribution in [-0.2, 0) is 4.74 Å². The Hall–Kier alpha value is -1.79. The quantitative estimate of drug-likeness (QED) is 0.811. The van der Waals surface area contributed by atoms with Gasteiger partial charge in [-0.1, -0.05) is 0 Å². The van der Waals surface area contributed by atoms with E-state index in [1.54, 1.807) is 0 Å². The van der Waals surface area contributed by atoms with Crippen LogP contribution in [0.15, 0.2) is 6.07 Å². The van der Waals surface area contributed by atoms with Crippen molar-refractivity contribution >= 4 is 11.8 Å². The standard InChI is InChI=1S/C9H9F3N2O2/c1-2-16-9(15)6-4(10)3-5(13)14-7(6)8(11)12/h3,8H,2H2,1H3,(H2,13,14). The second-order valence-electron chi connectivity index (χ2n) is 2.81. The highest BCUT2D eigenvalue weighted by Crippen LogP contribution is 2.25. The van der Waals surface area contributed by atoms with Gasteiger partial charge in [0, 0.05) is 6.07 Å². The molecule has 4 nitrogen and oxygen atoms in total. The van der Waals surface area contributed by atoms with E-state index in [9.17, 15) is 18.0 Å². The summed E-state index contributed by atoms with van der Waals surface area (Å²) in [5, 5.41) is 0. The summed E-state index contributed by atoms with van der Waals surface area (Å²) >= 11 is 0. The summed E-state index contributed by atoms with van der Waals surface area (Å²) in [7, 11) is 0. The lowest BCUT2D eigenvalue weighted by molar-refractivity contribution is 0.0507. The molecule has 0 atom stereocenters. The van der Waals surface area contributed by atoms with Gasteiger partial charge in [-0.3, -0.25) is 0 Å². The Kier molecular flexibility index (Phi) is 3.70. The molecule has 2 N–H and O–H groups in total. The first-order valence-electron chi connectivity index (χ1n) is 4.38. The summed E-state index contributed by atoms with van der Waals surface area (Å²) in [6.07, 6.45) is -3.10. The van der Waals surface area contributed by atoms with Crippen LogP contribution in [0.1, 0.15) is 29.4 Å². The van der Waals surface area contributed by atoms with Crippen molar-refractivity contribution in [3.05, 3.63) is 23.1 Å². The van der Waals surface area contributed by atoms with Gasteiger partial charge in [0.15, 0.2) is 0 Å². The summed E-state index contributed by atoms with van der Waals surface area (Å²) in [6.45, 7) is 1.42. The molecular formula is C9H9F3N2O2. The summed E-state index contributed by atoms with van der Waals surface area (Å²) in [6, 6.07) is 0.693. The first-order valence-corrected chi connectivity index (χ1v) is 4.38. The number of nitrogen functional groups attached to an aromatic ring is 1. The van der Waals surface area contributed by atoms with Gasteiger partial charge in [0.25, 0.3) is 6.43 Å². The van der Waals surface area contributed by atoms with E-state index in [0.717, 1.165) is 0 Å². The fourth-order valence-electron chi connectivity index (χ4n) is 1.11. The average molecular weight is 234 g/mol. The lowest BCUT2D eigenvalue weighted by Crippen LogP contribution is -2.14. The maximum atomic E-state index is 13.3. The van der Waals surface area contributed by atoms with E-state index in [1.807, 2.05) is 0 Å². The number of pyridine rings is 1. The van der Waals surface area contributed by atoms with Crippen LogP contribution in [0.25, 0.3) is 0 Å². The number of esters is 1. The second-order valence-corrected chi connectivity index (χ2v) is 2.81. The third-order valence-corrected chi connectivity index (χ3v) is 1.71. The van der Waals surface area contributed by atoms with Crippen LogP contribution in [0.5, 0.6) is 0 Å². The van der Waals surface area contributed by atoms with Crippen LogP contribution >= 0.6 is 0 Å². The molecule has 0 aliphatic carbocycles. The van der Waals surface area contributed by atoms with E-state index in [2.05, 4.69) is 9.72 Å². The number of carbonyl (C=O) groups is 1. The minimum absolute atomic E-state index is 0.0503. The van der Waals surface area contributed by atoms with Crippen LogP contribution in [0, 0.1) is 5.82 Å². The van der Waals surface area contributed by atoms with Crippen molar-refractivity contribution in [3.63, 3.8) is 0 Å². The van der Waals surface area contributed by atoms with Crippen LogP contribution < -0.4 is 5.73 Å². The van der Waals surface area contributed by atoms with Gasteiger partial charge in [0.1, 0.15) is 22.9 Å². The molecule has 1 aromatic rings. The number of alkyl halides is 2. The molecule has 0 saturated carbocycles. The topological polar surface area (TPSA) is 65.2 Å². The van der Waals surface area contributed by atoms with E-state index in [1.165, 1.54) is 6.92 Å². The smallest absolute Gasteiger partial charge is 0.343 e. The van der Waals surface area contributed by atoms with Crippen molar-refractivity contribution in [2.45, 2.75) is 13.3 Å². The zero-order valence-corrected chi connectivity index (χ0v) is 8.34. The number of rotatable bonds is 3. The second kappa shape index (κ2) is 4.82. The van der Waals surface area contributed by atoms with E-state index < -0.39 is 35.3 Å². The van der Waals surface area contributed by atoms with Gasteiger partial charge in [0.2, 0.25) is 0 Å². The summed E-state index contributed by atoms with van der Waals surface area (Å²) in [5.41, 5.74) is 3.23. The zero-order chi connectivity index (χ0) is 12.3. The van der Waals surface area contributed by atoms with Crippen molar-refractivity contribution in [3.8, 4) is 0 Å². The Morgan fingerprint density at radius 1 is 1.62 bits per heavy atom. The first kappa shape index (κ1) is 12.3. The Morgan fingerprint density at radius 2 is 2.25 bits per heavy atom. The Bertz CT molecular complexity index is 410. The highest BCUT2D eigenvalue weighted by molar-refractivity contribution is 5.91. The van der Waals surface area contributed by atoms with Gasteiger partial charge in [-0.2, -0.15) is 0 Å². The summed E-state index contributed by atoms with van der Waals surface area (Å²) in [4.78, 5) is 14.4. The molecule has 1 heterocycles. The average Bonchev–Trinajstić information content (AvgIpc) is 2.16. The normalized spacial score (nSPS) is 10.6. The lowest BCUT2D eigenvalue weighted by atomic mass is 10.2. The van der Waals surface area contributed by atoms with Gasteiger partial charge < -0.3 is 10.5 Å². The molecule has 0 radical (unpaired) electrons. The largest absolute Gasteiger partial charge is 0.462 e. The molecule has 0 aliphatic heterocycles. The number of anilines is 1. The van der Waals surface area contributed by atoms with E-state index in [4.69, 9.17) is 5.73 Å². The van der Waals surface area contributed by atoms with E-state index in [0.29, 0.717) is 6.07 Å². The van der Waals surface area contributed by atoms with Crippen molar-refractivity contribution in [2.24, 2.45) is 0 Å². The Labute approximate surface area is 89.2 Å². The number of nitrogens with two attached hydrogens (primary N) is 1. The number of hydrogen-bond donors (Lipinski definition) is 1. The first-order chi connectivity index (χ1) is 7.47. The van der Waals surface area contributed by atoms with Gasteiger partial charge in [0.05, 0.1) is 6.61 Å². The third kappa shape index (κ3) is 2.41. The fraction of sp³-hybridized carbons (Fsp3) is 0.333. The Morgan fingerprint density at radius 3 is 2.75 bits per heavy atom. The molecule has 7 heteroatoms. The molecular weight excluding hydrogens is 225 g/mol. The molecule has 0 spiro atoms. The molecule has 0 saturated heterocycles. The number of halogens is 3. The Balaban J connectivity index is 3.29. The number of nitrogens with zero attached hydrogens (tertiary/aromatic N) is 1. The molecule has 88 valence electrons. The van der Waals surface area contributed by atoms with Crippen molar-refractivity contribution in [2.75, 3.05) is 12.3 Å². The van der Waals surface area contributed by atoms with Gasteiger partial charge in [-0.05, 0) is 6.92 Å². The monoisotopic (exact) mass is 234 g/mol. The number of hydrogen-bond acceptors (Lipinski definition) is 4. The van der Waals surface area contributed by atoms with Crippen molar-refractivity contribution in [1.82, 2.24) is 4.98 Å².